The van der Waals surface area contributed by atoms with Crippen LogP contribution in [0, 0.1) is 0 Å². The van der Waals surface area contributed by atoms with E-state index < -0.39 is 5.97 Å². The molecule has 2 aromatic rings. The molecule has 20 heavy (non-hydrogen) atoms. The van der Waals surface area contributed by atoms with Crippen LogP contribution in [-0.4, -0.2) is 29.5 Å². The van der Waals surface area contributed by atoms with Gasteiger partial charge in [-0.2, -0.15) is 5.10 Å². The van der Waals surface area contributed by atoms with Gasteiger partial charge in [0, 0.05) is 19.7 Å². The average molecular weight is 275 g/mol. The number of carbonyl (C=O) groups excluding carboxylic acids is 1. The van der Waals surface area contributed by atoms with Crippen LogP contribution in [0.3, 0.4) is 0 Å². The molecule has 1 aromatic carbocycles. The molecule has 2 N–H and O–H groups in total. The zero-order valence-corrected chi connectivity index (χ0v) is 11.5. The Hall–Kier alpha value is -2.50. The first-order chi connectivity index (χ1) is 9.60. The van der Waals surface area contributed by atoms with Gasteiger partial charge >= 0.3 is 5.97 Å². The number of carbonyl (C=O) groups is 1. The fourth-order valence-corrected chi connectivity index (χ4v) is 1.80. The van der Waals surface area contributed by atoms with Crippen molar-refractivity contribution in [1.29, 1.82) is 0 Å². The number of esters is 1. The second kappa shape index (κ2) is 6.10. The van der Waals surface area contributed by atoms with Crippen molar-refractivity contribution in [3.8, 4) is 5.75 Å². The molecule has 0 radical (unpaired) electrons. The Kier molecular flexibility index (Phi) is 4.24. The molecule has 2 rings (SSSR count). The van der Waals surface area contributed by atoms with Gasteiger partial charge in [0.1, 0.15) is 5.75 Å². The smallest absolute Gasteiger partial charge is 0.337 e. The largest absolute Gasteiger partial charge is 0.491 e. The summed E-state index contributed by atoms with van der Waals surface area (Å²) >= 11 is 0. The monoisotopic (exact) mass is 275 g/mol. The summed E-state index contributed by atoms with van der Waals surface area (Å²) in [4.78, 5) is 11.4. The fraction of sp³-hybridized carbons (Fsp3) is 0.286. The summed E-state index contributed by atoms with van der Waals surface area (Å²) in [6.07, 6.45) is 4.48. The minimum Gasteiger partial charge on any atom is -0.491 e. The van der Waals surface area contributed by atoms with Crippen LogP contribution < -0.4 is 10.5 Å². The molecule has 0 aliphatic heterocycles. The van der Waals surface area contributed by atoms with Gasteiger partial charge < -0.3 is 15.2 Å². The molecule has 106 valence electrons. The third-order valence-electron chi connectivity index (χ3n) is 2.84. The molecule has 0 spiro atoms. The van der Waals surface area contributed by atoms with Crippen LogP contribution in [0.4, 0.5) is 5.69 Å². The Morgan fingerprint density at radius 3 is 2.85 bits per heavy atom. The molecule has 6 heteroatoms. The number of benzene rings is 1. The summed E-state index contributed by atoms with van der Waals surface area (Å²) in [6, 6.07) is 4.84. The lowest BCUT2D eigenvalue weighted by Crippen LogP contribution is -2.06. The number of nitrogens with two attached hydrogens (primary N) is 1. The maximum Gasteiger partial charge on any atom is 0.337 e. The number of aryl methyl sites for hydroxylation is 1. The summed E-state index contributed by atoms with van der Waals surface area (Å²) in [5.41, 5.74) is 7.77. The Balaban J connectivity index is 1.94. The predicted octanol–water partition coefficient (Wildman–Crippen LogP) is 1.41. The van der Waals surface area contributed by atoms with Crippen molar-refractivity contribution in [3.63, 3.8) is 0 Å². The van der Waals surface area contributed by atoms with E-state index in [4.69, 9.17) is 10.5 Å². The van der Waals surface area contributed by atoms with Crippen molar-refractivity contribution < 1.29 is 14.3 Å². The van der Waals surface area contributed by atoms with Crippen LogP contribution >= 0.6 is 0 Å². The molecule has 0 aliphatic carbocycles. The zero-order chi connectivity index (χ0) is 14.5. The van der Waals surface area contributed by atoms with Crippen molar-refractivity contribution in [2.24, 2.45) is 7.05 Å². The highest BCUT2D eigenvalue weighted by Crippen LogP contribution is 2.23. The van der Waals surface area contributed by atoms with E-state index in [0.717, 1.165) is 12.0 Å². The Labute approximate surface area is 117 Å². The topological polar surface area (TPSA) is 79.4 Å². The summed E-state index contributed by atoms with van der Waals surface area (Å²) in [7, 11) is 3.20. The maximum atomic E-state index is 11.4. The van der Waals surface area contributed by atoms with Crippen molar-refractivity contribution in [1.82, 2.24) is 9.78 Å². The van der Waals surface area contributed by atoms with Gasteiger partial charge in [-0.1, -0.05) is 0 Å². The molecule has 0 bridgehead atoms. The molecular formula is C14H17N3O3. The van der Waals surface area contributed by atoms with Gasteiger partial charge in [-0.25, -0.2) is 4.79 Å². The highest BCUT2D eigenvalue weighted by atomic mass is 16.5. The minimum atomic E-state index is -0.418. The number of nitrogens with zero attached hydrogens (tertiary/aromatic N) is 2. The molecule has 6 nitrogen and oxygen atoms in total. The van der Waals surface area contributed by atoms with E-state index in [1.807, 2.05) is 13.2 Å². The van der Waals surface area contributed by atoms with E-state index in [9.17, 15) is 4.79 Å². The molecule has 0 aliphatic rings. The van der Waals surface area contributed by atoms with Crippen LogP contribution in [0.15, 0.2) is 30.6 Å². The lowest BCUT2D eigenvalue weighted by molar-refractivity contribution is 0.0601. The summed E-state index contributed by atoms with van der Waals surface area (Å²) < 4.78 is 12.0. The number of hydrogen-bond donors (Lipinski definition) is 1. The third kappa shape index (κ3) is 3.28. The second-order valence-electron chi connectivity index (χ2n) is 4.36. The van der Waals surface area contributed by atoms with Crippen molar-refractivity contribution in [3.05, 3.63) is 41.7 Å². The van der Waals surface area contributed by atoms with Gasteiger partial charge in [-0.15, -0.1) is 0 Å². The quantitative estimate of drug-likeness (QED) is 0.659. The molecule has 0 saturated carbocycles. The first-order valence-corrected chi connectivity index (χ1v) is 6.18. The zero-order valence-electron chi connectivity index (χ0n) is 11.5. The highest BCUT2D eigenvalue weighted by Gasteiger charge is 2.08. The van der Waals surface area contributed by atoms with Gasteiger partial charge in [-0.3, -0.25) is 4.68 Å². The fourth-order valence-electron chi connectivity index (χ4n) is 1.80. The average Bonchev–Trinajstić information content (AvgIpc) is 2.85. The number of ether oxygens (including phenoxy) is 2. The van der Waals surface area contributed by atoms with Crippen molar-refractivity contribution >= 4 is 11.7 Å². The molecule has 0 unspecified atom stereocenters. The van der Waals surface area contributed by atoms with Crippen LogP contribution in [-0.2, 0) is 18.2 Å². The number of methoxy groups -OCH3 is 1. The molecule has 0 fully saturated rings. The summed E-state index contributed by atoms with van der Waals surface area (Å²) in [5.74, 6) is 0.139. The molecular weight excluding hydrogens is 258 g/mol. The number of anilines is 1. The van der Waals surface area contributed by atoms with Crippen LogP contribution in [0.25, 0.3) is 0 Å². The lowest BCUT2D eigenvalue weighted by Gasteiger charge is -2.09. The van der Waals surface area contributed by atoms with E-state index in [1.54, 1.807) is 29.1 Å². The van der Waals surface area contributed by atoms with Crippen molar-refractivity contribution in [2.75, 3.05) is 19.5 Å². The van der Waals surface area contributed by atoms with Crippen LogP contribution in [0.2, 0.25) is 0 Å². The maximum absolute atomic E-state index is 11.4. The number of hydrogen-bond acceptors (Lipinski definition) is 5. The number of aromatic nitrogens is 2. The SMILES string of the molecule is COC(=O)c1ccc(OCCc2cnn(C)c2)c(N)c1. The second-order valence-corrected chi connectivity index (χ2v) is 4.36. The molecule has 1 aromatic heterocycles. The van der Waals surface area contributed by atoms with Gasteiger partial charge in [0.05, 0.1) is 31.2 Å². The van der Waals surface area contributed by atoms with E-state index in [-0.39, 0.29) is 0 Å². The number of rotatable bonds is 5. The molecule has 0 atom stereocenters. The van der Waals surface area contributed by atoms with E-state index in [0.29, 0.717) is 23.6 Å². The Morgan fingerprint density at radius 2 is 2.25 bits per heavy atom. The molecule has 0 saturated heterocycles. The lowest BCUT2D eigenvalue weighted by atomic mass is 10.2. The Bertz CT molecular complexity index is 607. The van der Waals surface area contributed by atoms with Gasteiger partial charge in [-0.05, 0) is 23.8 Å². The van der Waals surface area contributed by atoms with E-state index in [2.05, 4.69) is 9.84 Å². The molecule has 0 amide bonds. The van der Waals surface area contributed by atoms with E-state index >= 15 is 0 Å². The third-order valence-corrected chi connectivity index (χ3v) is 2.84. The van der Waals surface area contributed by atoms with Gasteiger partial charge in [0.25, 0.3) is 0 Å². The highest BCUT2D eigenvalue weighted by molar-refractivity contribution is 5.90. The van der Waals surface area contributed by atoms with Gasteiger partial charge in [0.15, 0.2) is 0 Å². The summed E-state index contributed by atoms with van der Waals surface area (Å²) in [5, 5.41) is 4.09. The van der Waals surface area contributed by atoms with Crippen LogP contribution in [0.1, 0.15) is 15.9 Å². The standard InChI is InChI=1S/C14H17N3O3/c1-17-9-10(8-16-17)5-6-20-13-4-3-11(7-12(13)15)14(18)19-2/h3-4,7-9H,5-6,15H2,1-2H3. The minimum absolute atomic E-state index is 0.407. The first-order valence-electron chi connectivity index (χ1n) is 6.18. The van der Waals surface area contributed by atoms with E-state index in [1.165, 1.54) is 7.11 Å². The Morgan fingerprint density at radius 1 is 1.45 bits per heavy atom. The normalized spacial score (nSPS) is 10.3. The van der Waals surface area contributed by atoms with Gasteiger partial charge in [0.2, 0.25) is 0 Å². The predicted molar refractivity (Wildman–Crippen MR) is 74.6 cm³/mol. The summed E-state index contributed by atoms with van der Waals surface area (Å²) in [6.45, 7) is 0.494. The first kappa shape index (κ1) is 13.9. The number of nitrogen functional groups attached to an aromatic ring is 1. The van der Waals surface area contributed by atoms with Crippen molar-refractivity contribution in [2.45, 2.75) is 6.42 Å². The van der Waals surface area contributed by atoms with Crippen LogP contribution in [0.5, 0.6) is 5.75 Å². The molecule has 1 heterocycles.